The maximum Gasteiger partial charge on any atom is 2.00 e. The molecule has 0 aliphatic rings. The Morgan fingerprint density at radius 3 is 1.53 bits per heavy atom. The van der Waals surface area contributed by atoms with Crippen LogP contribution in [0.2, 0.25) is 0 Å². The number of hydrogen-bond donors (Lipinski definition) is 2. The third-order valence-electron chi connectivity index (χ3n) is 1.40. The molecule has 1 rings (SSSR count). The number of anilines is 2. The third-order valence-corrected chi connectivity index (χ3v) is 1.81. The van der Waals surface area contributed by atoms with Crippen molar-refractivity contribution in [1.29, 1.82) is 0 Å². The minimum atomic E-state index is 0. The smallest absolute Gasteiger partial charge is 0.411 e. The summed E-state index contributed by atoms with van der Waals surface area (Å²) >= 11 is 19.1. The number of thiocarbonyl (C=S) groups is 2. The van der Waals surface area contributed by atoms with Crippen LogP contribution in [0.3, 0.4) is 0 Å². The number of hydrogen-bond acceptors (Lipinski definition) is 4. The van der Waals surface area contributed by atoms with E-state index >= 15 is 0 Å². The van der Waals surface area contributed by atoms with Gasteiger partial charge in [0.05, 0.1) is 11.4 Å². The average molecular weight is 317 g/mol. The van der Waals surface area contributed by atoms with Crippen LogP contribution in [0.5, 0.6) is 0 Å². The van der Waals surface area contributed by atoms with Crippen LogP contribution in [0, 0.1) is 0 Å². The molecule has 1 radical (unpaired) electrons. The average Bonchev–Trinajstić information content (AvgIpc) is 2.06. The minimum absolute atomic E-state index is 0. The quantitative estimate of drug-likeness (QED) is 0.641. The SMILES string of the molecule is S=C([S-])Nc1ccccc1NC(=S)[S-].[Co+2]. The monoisotopic (exact) mass is 317 g/mol. The first-order valence-corrected chi connectivity index (χ1v) is 5.28. The Bertz CT molecular complexity index is 334. The summed E-state index contributed by atoms with van der Waals surface area (Å²) in [6.45, 7) is 0. The van der Waals surface area contributed by atoms with E-state index in [0.29, 0.717) is 0 Å². The van der Waals surface area contributed by atoms with Crippen molar-refractivity contribution in [1.82, 2.24) is 0 Å². The van der Waals surface area contributed by atoms with Crippen LogP contribution in [-0.2, 0) is 42.0 Å². The summed E-state index contributed by atoms with van der Waals surface area (Å²) < 4.78 is 0.573. The fraction of sp³-hybridized carbons (Fsp3) is 0. The molecule has 2 N–H and O–H groups in total. The molecule has 0 atom stereocenters. The van der Waals surface area contributed by atoms with Gasteiger partial charge in [-0.05, 0) is 12.1 Å². The molecule has 0 unspecified atom stereocenters. The second-order valence-electron chi connectivity index (χ2n) is 2.37. The molecule has 0 amide bonds. The Hall–Kier alpha value is -0.0535. The third kappa shape index (κ3) is 5.54. The fourth-order valence-electron chi connectivity index (χ4n) is 0.921. The molecule has 0 heterocycles. The van der Waals surface area contributed by atoms with Crippen LogP contribution >= 0.6 is 24.4 Å². The molecule has 15 heavy (non-hydrogen) atoms. The maximum absolute atomic E-state index is 4.77. The molecule has 7 heteroatoms. The van der Waals surface area contributed by atoms with Gasteiger partial charge in [0.2, 0.25) is 0 Å². The van der Waals surface area contributed by atoms with E-state index < -0.39 is 0 Å². The molecule has 0 aromatic heterocycles. The zero-order valence-corrected chi connectivity index (χ0v) is 11.6. The van der Waals surface area contributed by atoms with Crippen molar-refractivity contribution in [3.63, 3.8) is 0 Å². The van der Waals surface area contributed by atoms with Crippen molar-refractivity contribution in [2.45, 2.75) is 0 Å². The molecule has 0 aliphatic heterocycles. The largest absolute Gasteiger partial charge is 2.00 e. The van der Waals surface area contributed by atoms with Crippen LogP contribution in [-0.4, -0.2) is 8.64 Å². The summed E-state index contributed by atoms with van der Waals surface area (Å²) in [6, 6.07) is 7.42. The second-order valence-corrected chi connectivity index (χ2v) is 4.52. The molecule has 0 saturated carbocycles. The summed E-state index contributed by atoms with van der Waals surface area (Å²) in [7, 11) is 0. The minimum Gasteiger partial charge on any atom is -0.411 e. The van der Waals surface area contributed by atoms with Gasteiger partial charge in [0, 0.05) is 0 Å². The van der Waals surface area contributed by atoms with Crippen molar-refractivity contribution in [2.24, 2.45) is 0 Å². The van der Waals surface area contributed by atoms with Gasteiger partial charge in [-0.25, -0.2) is 0 Å². The van der Waals surface area contributed by atoms with Gasteiger partial charge >= 0.3 is 16.8 Å². The molecule has 0 fully saturated rings. The summed E-state index contributed by atoms with van der Waals surface area (Å²) in [5, 5.41) is 5.71. The van der Waals surface area contributed by atoms with Gasteiger partial charge in [-0.1, -0.05) is 20.8 Å². The predicted molar refractivity (Wildman–Crippen MR) is 73.6 cm³/mol. The number of rotatable bonds is 2. The first kappa shape index (κ1) is 14.9. The van der Waals surface area contributed by atoms with Gasteiger partial charge in [-0.15, -0.1) is 0 Å². The molecule has 1 aromatic carbocycles. The van der Waals surface area contributed by atoms with E-state index in [1.54, 1.807) is 0 Å². The normalized spacial score (nSPS) is 8.53. The molecular formula is C8H6CoN2S4. The first-order chi connectivity index (χ1) is 6.59. The van der Waals surface area contributed by atoms with E-state index in [4.69, 9.17) is 49.7 Å². The van der Waals surface area contributed by atoms with Gasteiger partial charge in [0.15, 0.2) is 0 Å². The Labute approximate surface area is 121 Å². The van der Waals surface area contributed by atoms with Crippen molar-refractivity contribution in [3.8, 4) is 0 Å². The molecule has 0 aliphatic carbocycles. The van der Waals surface area contributed by atoms with Crippen molar-refractivity contribution < 1.29 is 16.8 Å². The Morgan fingerprint density at radius 1 is 0.933 bits per heavy atom. The summed E-state index contributed by atoms with van der Waals surface area (Å²) in [4.78, 5) is 0. The van der Waals surface area contributed by atoms with Gasteiger partial charge in [-0.2, -0.15) is 0 Å². The molecule has 0 spiro atoms. The molecule has 81 valence electrons. The first-order valence-electron chi connectivity index (χ1n) is 3.64. The Balaban J connectivity index is 0.00000196. The fourth-order valence-corrected chi connectivity index (χ4v) is 1.36. The Morgan fingerprint density at radius 2 is 1.27 bits per heavy atom. The Kier molecular flexibility index (Phi) is 7.23. The van der Waals surface area contributed by atoms with Gasteiger partial charge in [0.1, 0.15) is 0 Å². The van der Waals surface area contributed by atoms with Crippen LogP contribution in [0.1, 0.15) is 0 Å². The van der Waals surface area contributed by atoms with E-state index in [1.807, 2.05) is 24.3 Å². The molecule has 0 saturated heterocycles. The van der Waals surface area contributed by atoms with E-state index in [9.17, 15) is 0 Å². The number of nitrogens with one attached hydrogen (secondary N) is 2. The van der Waals surface area contributed by atoms with Crippen molar-refractivity contribution in [2.75, 3.05) is 10.6 Å². The molecular weight excluding hydrogens is 311 g/mol. The maximum atomic E-state index is 4.77. The zero-order valence-electron chi connectivity index (χ0n) is 7.28. The molecule has 0 bridgehead atoms. The summed E-state index contributed by atoms with van der Waals surface area (Å²) in [5.74, 6) is 0. The van der Waals surface area contributed by atoms with Gasteiger partial charge in [0.25, 0.3) is 0 Å². The molecule has 2 nitrogen and oxygen atoms in total. The van der Waals surface area contributed by atoms with E-state index in [-0.39, 0.29) is 25.4 Å². The number of benzene rings is 1. The van der Waals surface area contributed by atoms with Crippen molar-refractivity contribution >= 4 is 69.7 Å². The van der Waals surface area contributed by atoms with Crippen LogP contribution < -0.4 is 10.6 Å². The van der Waals surface area contributed by atoms with E-state index in [1.165, 1.54) is 0 Å². The number of para-hydroxylation sites is 2. The zero-order chi connectivity index (χ0) is 10.6. The van der Waals surface area contributed by atoms with Crippen LogP contribution in [0.4, 0.5) is 11.4 Å². The van der Waals surface area contributed by atoms with E-state index in [2.05, 4.69) is 10.6 Å². The van der Waals surface area contributed by atoms with Crippen molar-refractivity contribution in [3.05, 3.63) is 24.3 Å². The van der Waals surface area contributed by atoms with Gasteiger partial charge < -0.3 is 60.3 Å². The summed E-state index contributed by atoms with van der Waals surface area (Å²) in [6.07, 6.45) is 0. The van der Waals surface area contributed by atoms with E-state index in [0.717, 1.165) is 11.4 Å². The van der Waals surface area contributed by atoms with Gasteiger partial charge in [-0.3, -0.25) is 0 Å². The summed E-state index contributed by atoms with van der Waals surface area (Å²) in [5.41, 5.74) is 1.56. The van der Waals surface area contributed by atoms with Crippen LogP contribution in [0.15, 0.2) is 24.3 Å². The molecule has 1 aromatic rings. The predicted octanol–water partition coefficient (Wildman–Crippen LogP) is 2.17. The topological polar surface area (TPSA) is 24.1 Å². The van der Waals surface area contributed by atoms with Crippen LogP contribution in [0.25, 0.3) is 0 Å². The standard InChI is InChI=1S/C8H8N2S4.Co/c11-7(12)9-5-3-1-2-4-6(5)10-8(13)14;/h1-4H,(H2,9,11,12)(H2,10,13,14);/q;+2/p-2. The second kappa shape index (κ2) is 7.26.